The molecule has 108 valence electrons. The predicted octanol–water partition coefficient (Wildman–Crippen LogP) is 1.13. The van der Waals surface area contributed by atoms with Crippen molar-refractivity contribution in [2.24, 2.45) is 5.92 Å². The van der Waals surface area contributed by atoms with Gasteiger partial charge < -0.3 is 10.2 Å². The van der Waals surface area contributed by atoms with E-state index >= 15 is 0 Å². The van der Waals surface area contributed by atoms with E-state index in [1.54, 1.807) is 0 Å². The standard InChI is InChI=1S/C13H28N2O2S/c1-3-9-18(16,17)10-6-14-11-13(2)12-15-7-4-5-8-15/h13-14H,3-12H2,1-2H3. The Morgan fingerprint density at radius 2 is 1.89 bits per heavy atom. The molecule has 0 aromatic heterocycles. The Morgan fingerprint density at radius 1 is 1.22 bits per heavy atom. The highest BCUT2D eigenvalue weighted by Crippen LogP contribution is 2.09. The lowest BCUT2D eigenvalue weighted by Crippen LogP contribution is -2.33. The summed E-state index contributed by atoms with van der Waals surface area (Å²) in [4.78, 5) is 2.50. The van der Waals surface area contributed by atoms with Crippen molar-refractivity contribution in [2.75, 3.05) is 44.2 Å². The van der Waals surface area contributed by atoms with E-state index in [2.05, 4.69) is 17.1 Å². The summed E-state index contributed by atoms with van der Waals surface area (Å²) in [6, 6.07) is 0. The highest BCUT2D eigenvalue weighted by molar-refractivity contribution is 7.91. The van der Waals surface area contributed by atoms with Crippen LogP contribution in [-0.4, -0.2) is 57.5 Å². The number of likely N-dealkylation sites (tertiary alicyclic amines) is 1. The molecule has 0 saturated carbocycles. The molecule has 1 aliphatic heterocycles. The van der Waals surface area contributed by atoms with Gasteiger partial charge in [0.15, 0.2) is 9.84 Å². The molecule has 0 radical (unpaired) electrons. The molecule has 0 aromatic carbocycles. The minimum absolute atomic E-state index is 0.275. The fourth-order valence-corrected chi connectivity index (χ4v) is 3.74. The van der Waals surface area contributed by atoms with Crippen LogP contribution in [0.5, 0.6) is 0 Å². The van der Waals surface area contributed by atoms with Crippen LogP contribution < -0.4 is 5.32 Å². The van der Waals surface area contributed by atoms with Gasteiger partial charge in [-0.3, -0.25) is 0 Å². The third kappa shape index (κ3) is 6.71. The van der Waals surface area contributed by atoms with Crippen LogP contribution in [0.4, 0.5) is 0 Å². The zero-order valence-electron chi connectivity index (χ0n) is 11.8. The maximum atomic E-state index is 11.5. The van der Waals surface area contributed by atoms with Crippen LogP contribution in [0.2, 0.25) is 0 Å². The number of nitrogens with zero attached hydrogens (tertiary/aromatic N) is 1. The van der Waals surface area contributed by atoms with Crippen LogP contribution in [0.15, 0.2) is 0 Å². The monoisotopic (exact) mass is 276 g/mol. The molecule has 0 amide bonds. The summed E-state index contributed by atoms with van der Waals surface area (Å²) in [5, 5.41) is 3.27. The van der Waals surface area contributed by atoms with Crippen molar-refractivity contribution in [1.29, 1.82) is 0 Å². The molecule has 1 unspecified atom stereocenters. The summed E-state index contributed by atoms with van der Waals surface area (Å²) in [5.41, 5.74) is 0. The van der Waals surface area contributed by atoms with Crippen LogP contribution in [-0.2, 0) is 9.84 Å². The minimum atomic E-state index is -2.82. The van der Waals surface area contributed by atoms with Gasteiger partial charge in [0.25, 0.3) is 0 Å². The van der Waals surface area contributed by atoms with Gasteiger partial charge in [0.1, 0.15) is 0 Å². The van der Waals surface area contributed by atoms with Crippen molar-refractivity contribution in [3.63, 3.8) is 0 Å². The van der Waals surface area contributed by atoms with Gasteiger partial charge in [-0.1, -0.05) is 13.8 Å². The van der Waals surface area contributed by atoms with Crippen molar-refractivity contribution in [3.8, 4) is 0 Å². The summed E-state index contributed by atoms with van der Waals surface area (Å²) in [6.45, 7) is 9.24. The van der Waals surface area contributed by atoms with E-state index < -0.39 is 9.84 Å². The normalized spacial score (nSPS) is 19.2. The maximum Gasteiger partial charge on any atom is 0.151 e. The van der Waals surface area contributed by atoms with E-state index in [9.17, 15) is 8.42 Å². The summed E-state index contributed by atoms with van der Waals surface area (Å²) >= 11 is 0. The molecule has 5 heteroatoms. The number of rotatable bonds is 9. The smallest absolute Gasteiger partial charge is 0.151 e. The molecular weight excluding hydrogens is 248 g/mol. The lowest BCUT2D eigenvalue weighted by Gasteiger charge is -2.20. The van der Waals surface area contributed by atoms with E-state index in [1.807, 2.05) is 6.92 Å². The highest BCUT2D eigenvalue weighted by atomic mass is 32.2. The average Bonchev–Trinajstić information content (AvgIpc) is 2.77. The maximum absolute atomic E-state index is 11.5. The van der Waals surface area contributed by atoms with Gasteiger partial charge in [-0.05, 0) is 44.8 Å². The number of sulfone groups is 1. The highest BCUT2D eigenvalue weighted by Gasteiger charge is 2.14. The quantitative estimate of drug-likeness (QED) is 0.642. The van der Waals surface area contributed by atoms with E-state index in [0.717, 1.165) is 13.1 Å². The van der Waals surface area contributed by atoms with Crippen LogP contribution >= 0.6 is 0 Å². The topological polar surface area (TPSA) is 49.4 Å². The van der Waals surface area contributed by atoms with Gasteiger partial charge in [-0.2, -0.15) is 0 Å². The number of nitrogens with one attached hydrogen (secondary N) is 1. The lowest BCUT2D eigenvalue weighted by molar-refractivity contribution is 0.284. The zero-order valence-corrected chi connectivity index (χ0v) is 12.6. The third-order valence-corrected chi connectivity index (χ3v) is 5.22. The van der Waals surface area contributed by atoms with Crippen LogP contribution in [0.3, 0.4) is 0 Å². The van der Waals surface area contributed by atoms with E-state index in [1.165, 1.54) is 25.9 Å². The molecule has 4 nitrogen and oxygen atoms in total. The summed E-state index contributed by atoms with van der Waals surface area (Å²) in [5.74, 6) is 1.19. The van der Waals surface area contributed by atoms with E-state index in [4.69, 9.17) is 0 Å². The Hall–Kier alpha value is -0.130. The second kappa shape index (κ2) is 8.12. The van der Waals surface area contributed by atoms with E-state index in [0.29, 0.717) is 24.6 Å². The van der Waals surface area contributed by atoms with Crippen LogP contribution in [0.25, 0.3) is 0 Å². The van der Waals surface area contributed by atoms with E-state index in [-0.39, 0.29) is 5.75 Å². The first-order chi connectivity index (χ1) is 8.53. The first-order valence-corrected chi connectivity index (χ1v) is 8.99. The molecule has 18 heavy (non-hydrogen) atoms. The van der Waals surface area contributed by atoms with Gasteiger partial charge in [-0.25, -0.2) is 8.42 Å². The first-order valence-electron chi connectivity index (χ1n) is 7.17. The van der Waals surface area contributed by atoms with Crippen LogP contribution in [0.1, 0.15) is 33.1 Å². The molecule has 1 rings (SSSR count). The van der Waals surface area contributed by atoms with Gasteiger partial charge in [0.05, 0.1) is 5.75 Å². The van der Waals surface area contributed by atoms with Gasteiger partial charge in [-0.15, -0.1) is 0 Å². The summed E-state index contributed by atoms with van der Waals surface area (Å²) in [7, 11) is -2.82. The Bertz CT molecular complexity index is 311. The van der Waals surface area contributed by atoms with Crippen molar-refractivity contribution >= 4 is 9.84 Å². The molecule has 1 saturated heterocycles. The molecule has 1 fully saturated rings. The Morgan fingerprint density at radius 3 is 2.50 bits per heavy atom. The SMILES string of the molecule is CCCS(=O)(=O)CCNCC(C)CN1CCCC1. The largest absolute Gasteiger partial charge is 0.315 e. The van der Waals surface area contributed by atoms with Gasteiger partial charge >= 0.3 is 0 Å². The van der Waals surface area contributed by atoms with Crippen molar-refractivity contribution < 1.29 is 8.42 Å². The van der Waals surface area contributed by atoms with Crippen molar-refractivity contribution in [2.45, 2.75) is 33.1 Å². The number of hydrogen-bond acceptors (Lipinski definition) is 4. The Balaban J connectivity index is 2.06. The van der Waals surface area contributed by atoms with Crippen molar-refractivity contribution in [3.05, 3.63) is 0 Å². The van der Waals surface area contributed by atoms with Crippen LogP contribution in [0, 0.1) is 5.92 Å². The zero-order chi connectivity index (χ0) is 13.4. The Labute approximate surface area is 112 Å². The predicted molar refractivity (Wildman–Crippen MR) is 76.7 cm³/mol. The minimum Gasteiger partial charge on any atom is -0.315 e. The molecule has 1 heterocycles. The first kappa shape index (κ1) is 15.9. The molecule has 0 aliphatic carbocycles. The summed E-state index contributed by atoms with van der Waals surface area (Å²) in [6.07, 6.45) is 3.37. The fourth-order valence-electron chi connectivity index (χ4n) is 2.46. The fraction of sp³-hybridized carbons (Fsp3) is 1.00. The molecule has 0 aromatic rings. The Kier molecular flexibility index (Phi) is 7.19. The molecule has 0 bridgehead atoms. The van der Waals surface area contributed by atoms with Gasteiger partial charge in [0.2, 0.25) is 0 Å². The molecule has 1 N–H and O–H groups in total. The molecular formula is C13H28N2O2S. The van der Waals surface area contributed by atoms with Crippen molar-refractivity contribution in [1.82, 2.24) is 10.2 Å². The second-order valence-corrected chi connectivity index (χ2v) is 7.77. The third-order valence-electron chi connectivity index (χ3n) is 3.37. The summed E-state index contributed by atoms with van der Waals surface area (Å²) < 4.78 is 23.0. The second-order valence-electron chi connectivity index (χ2n) is 5.47. The number of hydrogen-bond donors (Lipinski definition) is 1. The average molecular weight is 276 g/mol. The molecule has 1 aliphatic rings. The molecule has 0 spiro atoms. The van der Waals surface area contributed by atoms with Gasteiger partial charge in [0, 0.05) is 18.8 Å². The molecule has 1 atom stereocenters. The lowest BCUT2D eigenvalue weighted by atomic mass is 10.1.